The van der Waals surface area contributed by atoms with Crippen LogP contribution in [0.15, 0.2) is 18.2 Å². The Bertz CT molecular complexity index is 526. The number of aromatic carboxylic acids is 1. The molecule has 0 bridgehead atoms. The molecular weight excluding hydrogens is 260 g/mol. The molecule has 2 rings (SSSR count). The number of urea groups is 1. The molecule has 0 heterocycles. The summed E-state index contributed by atoms with van der Waals surface area (Å²) in [5.41, 5.74) is 0.281. The molecule has 1 saturated carbocycles. The molecule has 6 nitrogen and oxygen atoms in total. The maximum atomic E-state index is 12.0. The standard InChI is InChI=1S/C14H18N2O4/c1-16(8-9-3-4-9)14(19)15-12-6-5-10(20-2)7-11(12)13(17)18/h5-7,9H,3-4,8H2,1-2H3,(H,15,19)(H,17,18). The van der Waals surface area contributed by atoms with Gasteiger partial charge in [0, 0.05) is 13.6 Å². The van der Waals surface area contributed by atoms with Crippen molar-refractivity contribution in [2.45, 2.75) is 12.8 Å². The van der Waals surface area contributed by atoms with E-state index in [1.54, 1.807) is 18.0 Å². The topological polar surface area (TPSA) is 78.9 Å². The van der Waals surface area contributed by atoms with Gasteiger partial charge in [0.1, 0.15) is 5.75 Å². The minimum Gasteiger partial charge on any atom is -0.497 e. The molecule has 20 heavy (non-hydrogen) atoms. The lowest BCUT2D eigenvalue weighted by Crippen LogP contribution is -2.33. The van der Waals surface area contributed by atoms with E-state index < -0.39 is 5.97 Å². The zero-order valence-electron chi connectivity index (χ0n) is 11.5. The second-order valence-electron chi connectivity index (χ2n) is 4.97. The van der Waals surface area contributed by atoms with Gasteiger partial charge in [-0.1, -0.05) is 0 Å². The molecule has 0 radical (unpaired) electrons. The highest BCUT2D eigenvalue weighted by atomic mass is 16.5. The van der Waals surface area contributed by atoms with Crippen molar-refractivity contribution in [3.63, 3.8) is 0 Å². The predicted molar refractivity (Wildman–Crippen MR) is 74.3 cm³/mol. The van der Waals surface area contributed by atoms with Crippen molar-refractivity contribution in [1.82, 2.24) is 4.90 Å². The molecule has 0 saturated heterocycles. The van der Waals surface area contributed by atoms with Crippen molar-refractivity contribution >= 4 is 17.7 Å². The van der Waals surface area contributed by atoms with Crippen LogP contribution in [0.1, 0.15) is 23.2 Å². The monoisotopic (exact) mass is 278 g/mol. The number of rotatable bonds is 5. The lowest BCUT2D eigenvalue weighted by Gasteiger charge is -2.18. The van der Waals surface area contributed by atoms with Gasteiger partial charge in [0.15, 0.2) is 0 Å². The summed E-state index contributed by atoms with van der Waals surface area (Å²) in [5.74, 6) is -0.0867. The molecule has 0 atom stereocenters. The normalized spacial score (nSPS) is 13.7. The van der Waals surface area contributed by atoms with Crippen LogP contribution in [0.5, 0.6) is 5.75 Å². The lowest BCUT2D eigenvalue weighted by molar-refractivity contribution is 0.0697. The van der Waals surface area contributed by atoms with Gasteiger partial charge in [-0.15, -0.1) is 0 Å². The molecule has 1 aliphatic rings. The first kappa shape index (κ1) is 14.2. The molecule has 0 spiro atoms. The molecule has 108 valence electrons. The van der Waals surface area contributed by atoms with Crippen LogP contribution in [0.4, 0.5) is 10.5 Å². The van der Waals surface area contributed by atoms with E-state index in [0.29, 0.717) is 18.2 Å². The van der Waals surface area contributed by atoms with Crippen LogP contribution in [0.25, 0.3) is 0 Å². The van der Waals surface area contributed by atoms with Gasteiger partial charge in [0.2, 0.25) is 0 Å². The average molecular weight is 278 g/mol. The van der Waals surface area contributed by atoms with E-state index >= 15 is 0 Å². The van der Waals surface area contributed by atoms with Gasteiger partial charge in [-0.3, -0.25) is 0 Å². The van der Waals surface area contributed by atoms with Gasteiger partial charge in [0.25, 0.3) is 0 Å². The highest BCUT2D eigenvalue weighted by molar-refractivity contribution is 6.00. The summed E-state index contributed by atoms with van der Waals surface area (Å²) >= 11 is 0. The number of ether oxygens (including phenoxy) is 1. The maximum Gasteiger partial charge on any atom is 0.337 e. The first-order valence-corrected chi connectivity index (χ1v) is 6.44. The number of hydrogen-bond donors (Lipinski definition) is 2. The Hall–Kier alpha value is -2.24. The van der Waals surface area contributed by atoms with Crippen molar-refractivity contribution in [1.29, 1.82) is 0 Å². The highest BCUT2D eigenvalue weighted by Crippen LogP contribution is 2.29. The zero-order valence-corrected chi connectivity index (χ0v) is 11.5. The van der Waals surface area contributed by atoms with Crippen molar-refractivity contribution < 1.29 is 19.4 Å². The number of carbonyl (C=O) groups is 2. The Balaban J connectivity index is 2.10. The fraction of sp³-hybridized carbons (Fsp3) is 0.429. The number of nitrogens with one attached hydrogen (secondary N) is 1. The van der Waals surface area contributed by atoms with Gasteiger partial charge in [-0.2, -0.15) is 0 Å². The van der Waals surface area contributed by atoms with E-state index in [0.717, 1.165) is 12.8 Å². The molecule has 1 aromatic carbocycles. The van der Waals surface area contributed by atoms with Crippen LogP contribution in [0.3, 0.4) is 0 Å². The average Bonchev–Trinajstić information content (AvgIpc) is 3.22. The largest absolute Gasteiger partial charge is 0.497 e. The zero-order chi connectivity index (χ0) is 14.7. The number of carboxylic acid groups (broad SMARTS) is 1. The van der Waals surface area contributed by atoms with E-state index in [-0.39, 0.29) is 17.3 Å². The summed E-state index contributed by atoms with van der Waals surface area (Å²) in [6.07, 6.45) is 2.31. The number of methoxy groups -OCH3 is 1. The van der Waals surface area contributed by atoms with Gasteiger partial charge in [-0.05, 0) is 37.0 Å². The van der Waals surface area contributed by atoms with Crippen LogP contribution in [0.2, 0.25) is 0 Å². The summed E-state index contributed by atoms with van der Waals surface area (Å²) in [5, 5.41) is 11.8. The molecule has 1 aromatic rings. The second-order valence-corrected chi connectivity index (χ2v) is 4.97. The fourth-order valence-electron chi connectivity index (χ4n) is 1.92. The Kier molecular flexibility index (Phi) is 4.12. The predicted octanol–water partition coefficient (Wildman–Crippen LogP) is 2.27. The van der Waals surface area contributed by atoms with E-state index in [9.17, 15) is 14.7 Å². The number of benzene rings is 1. The number of anilines is 1. The quantitative estimate of drug-likeness (QED) is 0.866. The number of amides is 2. The minimum absolute atomic E-state index is 0.0116. The summed E-state index contributed by atoms with van der Waals surface area (Å²) in [6.45, 7) is 0.699. The Labute approximate surface area is 117 Å². The van der Waals surface area contributed by atoms with Gasteiger partial charge in [-0.25, -0.2) is 9.59 Å². The van der Waals surface area contributed by atoms with Gasteiger partial charge >= 0.3 is 12.0 Å². The molecule has 0 aromatic heterocycles. The van der Waals surface area contributed by atoms with Crippen LogP contribution < -0.4 is 10.1 Å². The molecule has 6 heteroatoms. The van der Waals surface area contributed by atoms with E-state index in [1.165, 1.54) is 19.2 Å². The van der Waals surface area contributed by atoms with Crippen LogP contribution in [-0.2, 0) is 0 Å². The lowest BCUT2D eigenvalue weighted by atomic mass is 10.1. The summed E-state index contributed by atoms with van der Waals surface area (Å²) < 4.78 is 4.99. The number of carboxylic acids is 1. The molecule has 0 unspecified atom stereocenters. The minimum atomic E-state index is -1.11. The smallest absolute Gasteiger partial charge is 0.337 e. The Morgan fingerprint density at radius 2 is 2.15 bits per heavy atom. The van der Waals surface area contributed by atoms with Crippen LogP contribution in [0, 0.1) is 5.92 Å². The summed E-state index contributed by atoms with van der Waals surface area (Å²) in [4.78, 5) is 24.8. The van der Waals surface area contributed by atoms with Gasteiger partial charge in [0.05, 0.1) is 18.4 Å². The van der Waals surface area contributed by atoms with Gasteiger partial charge < -0.3 is 20.1 Å². The molecule has 0 aliphatic heterocycles. The third kappa shape index (κ3) is 3.40. The number of hydrogen-bond acceptors (Lipinski definition) is 3. The SMILES string of the molecule is COc1ccc(NC(=O)N(C)CC2CC2)c(C(=O)O)c1. The van der Waals surface area contributed by atoms with Crippen molar-refractivity contribution in [2.75, 3.05) is 26.0 Å². The fourth-order valence-corrected chi connectivity index (χ4v) is 1.92. The summed E-state index contributed by atoms with van der Waals surface area (Å²) in [7, 11) is 3.17. The summed E-state index contributed by atoms with van der Waals surface area (Å²) in [6, 6.07) is 4.23. The Morgan fingerprint density at radius 1 is 1.45 bits per heavy atom. The van der Waals surface area contributed by atoms with Crippen molar-refractivity contribution in [2.24, 2.45) is 5.92 Å². The van der Waals surface area contributed by atoms with Crippen molar-refractivity contribution in [3.05, 3.63) is 23.8 Å². The van der Waals surface area contributed by atoms with E-state index in [2.05, 4.69) is 5.32 Å². The third-order valence-corrected chi connectivity index (χ3v) is 3.27. The first-order chi connectivity index (χ1) is 9.51. The first-order valence-electron chi connectivity index (χ1n) is 6.44. The van der Waals surface area contributed by atoms with E-state index in [4.69, 9.17) is 4.74 Å². The second kappa shape index (κ2) is 5.81. The molecular formula is C14H18N2O4. The molecule has 2 N–H and O–H groups in total. The van der Waals surface area contributed by atoms with Crippen molar-refractivity contribution in [3.8, 4) is 5.75 Å². The molecule has 1 fully saturated rings. The van der Waals surface area contributed by atoms with E-state index in [1.807, 2.05) is 0 Å². The molecule has 2 amide bonds. The highest BCUT2D eigenvalue weighted by Gasteiger charge is 2.25. The van der Waals surface area contributed by atoms with Crippen LogP contribution in [-0.4, -0.2) is 42.7 Å². The molecule has 1 aliphatic carbocycles. The third-order valence-electron chi connectivity index (χ3n) is 3.27. The van der Waals surface area contributed by atoms with Crippen LogP contribution >= 0.6 is 0 Å². The number of nitrogens with zero attached hydrogens (tertiary/aromatic N) is 1. The number of carbonyl (C=O) groups excluding carboxylic acids is 1. The Morgan fingerprint density at radius 3 is 2.70 bits per heavy atom. The maximum absolute atomic E-state index is 12.0.